The van der Waals surface area contributed by atoms with E-state index in [1.54, 1.807) is 0 Å². The molecule has 1 atom stereocenters. The molecule has 1 nitrogen and oxygen atoms in total. The Morgan fingerprint density at radius 2 is 1.42 bits per heavy atom. The highest BCUT2D eigenvalue weighted by Crippen LogP contribution is 2.44. The van der Waals surface area contributed by atoms with Gasteiger partial charge in [-0.05, 0) is 33.0 Å². The Morgan fingerprint density at radius 1 is 0.737 bits per heavy atom. The molecule has 0 radical (unpaired) electrons. The summed E-state index contributed by atoms with van der Waals surface area (Å²) in [5, 5.41) is 2.43. The number of benzene rings is 3. The van der Waals surface area contributed by atoms with Crippen molar-refractivity contribution in [3.8, 4) is 11.1 Å². The molecule has 0 heterocycles. The van der Waals surface area contributed by atoms with E-state index in [4.69, 9.17) is 0 Å². The molecule has 0 saturated carbocycles. The molecule has 0 aliphatic heterocycles. The molecular weight excluding hydrogens is 232 g/mol. The first-order chi connectivity index (χ1) is 9.40. The molecule has 0 spiro atoms. The first-order valence-corrected chi connectivity index (χ1v) is 6.46. The third-order valence-electron chi connectivity index (χ3n) is 3.99. The zero-order valence-corrected chi connectivity index (χ0v) is 10.3. The van der Waals surface area contributed by atoms with Crippen LogP contribution in [0.25, 0.3) is 21.9 Å². The fraction of sp³-hybridized carbons (Fsp3) is 0.0556. The van der Waals surface area contributed by atoms with E-state index >= 15 is 0 Å². The van der Waals surface area contributed by atoms with Crippen molar-refractivity contribution in [3.63, 3.8) is 0 Å². The molecule has 90 valence electrons. The van der Waals surface area contributed by atoms with Crippen molar-refractivity contribution < 1.29 is 4.79 Å². The van der Waals surface area contributed by atoms with Crippen LogP contribution in [0.2, 0.25) is 0 Å². The van der Waals surface area contributed by atoms with Gasteiger partial charge in [-0.2, -0.15) is 0 Å². The largest absolute Gasteiger partial charge is 0.302 e. The second-order valence-corrected chi connectivity index (χ2v) is 4.95. The second kappa shape index (κ2) is 3.79. The minimum Gasteiger partial charge on any atom is -0.302 e. The Labute approximate surface area is 111 Å². The van der Waals surface area contributed by atoms with Crippen molar-refractivity contribution in [2.75, 3.05) is 0 Å². The molecule has 1 heteroatoms. The van der Waals surface area contributed by atoms with Gasteiger partial charge in [0.1, 0.15) is 6.29 Å². The van der Waals surface area contributed by atoms with Gasteiger partial charge in [0, 0.05) is 0 Å². The minimum absolute atomic E-state index is 0.144. The molecule has 0 aromatic heterocycles. The van der Waals surface area contributed by atoms with Crippen molar-refractivity contribution in [1.82, 2.24) is 0 Å². The highest BCUT2D eigenvalue weighted by atomic mass is 16.1. The maximum atomic E-state index is 11.6. The van der Waals surface area contributed by atoms with E-state index in [9.17, 15) is 4.79 Å². The molecule has 19 heavy (non-hydrogen) atoms. The van der Waals surface area contributed by atoms with Crippen LogP contribution in [0.4, 0.5) is 0 Å². The number of hydrogen-bond acceptors (Lipinski definition) is 1. The van der Waals surface area contributed by atoms with Crippen LogP contribution in [0.1, 0.15) is 17.0 Å². The predicted molar refractivity (Wildman–Crippen MR) is 77.3 cm³/mol. The number of rotatable bonds is 1. The van der Waals surface area contributed by atoms with Gasteiger partial charge in [0.15, 0.2) is 0 Å². The van der Waals surface area contributed by atoms with Crippen molar-refractivity contribution in [1.29, 1.82) is 0 Å². The fourth-order valence-corrected chi connectivity index (χ4v) is 3.18. The molecule has 4 rings (SSSR count). The lowest BCUT2D eigenvalue weighted by Gasteiger charge is -2.25. The molecule has 0 N–H and O–H groups in total. The average molecular weight is 244 g/mol. The molecule has 1 unspecified atom stereocenters. The van der Waals surface area contributed by atoms with Crippen LogP contribution in [-0.4, -0.2) is 6.29 Å². The molecule has 0 amide bonds. The van der Waals surface area contributed by atoms with Crippen molar-refractivity contribution in [3.05, 3.63) is 71.8 Å². The lowest BCUT2D eigenvalue weighted by molar-refractivity contribution is -0.108. The summed E-state index contributed by atoms with van der Waals surface area (Å²) < 4.78 is 0. The SMILES string of the molecule is O=CC1c2ccccc2-c2cccc3cccc1c23. The summed E-state index contributed by atoms with van der Waals surface area (Å²) in [5.41, 5.74) is 4.66. The Bertz CT molecular complexity index is 796. The van der Waals surface area contributed by atoms with Crippen LogP contribution < -0.4 is 0 Å². The van der Waals surface area contributed by atoms with E-state index in [0.717, 1.165) is 17.4 Å². The topological polar surface area (TPSA) is 17.1 Å². The average Bonchev–Trinajstić information content (AvgIpc) is 2.48. The third-order valence-corrected chi connectivity index (χ3v) is 3.99. The van der Waals surface area contributed by atoms with Crippen LogP contribution in [0, 0.1) is 0 Å². The van der Waals surface area contributed by atoms with Crippen LogP contribution >= 0.6 is 0 Å². The van der Waals surface area contributed by atoms with E-state index in [0.29, 0.717) is 0 Å². The molecule has 3 aromatic rings. The highest BCUT2D eigenvalue weighted by Gasteiger charge is 2.25. The number of carbonyl (C=O) groups excluding carboxylic acids is 1. The number of aldehydes is 1. The molecule has 0 saturated heterocycles. The highest BCUT2D eigenvalue weighted by molar-refractivity contribution is 6.04. The number of fused-ring (bicyclic) bond motifs is 2. The Kier molecular flexibility index (Phi) is 2.10. The summed E-state index contributed by atoms with van der Waals surface area (Å²) in [6.45, 7) is 0. The molecule has 3 aromatic carbocycles. The summed E-state index contributed by atoms with van der Waals surface area (Å²) in [6.07, 6.45) is 1.06. The fourth-order valence-electron chi connectivity index (χ4n) is 3.18. The van der Waals surface area contributed by atoms with Gasteiger partial charge in [0.25, 0.3) is 0 Å². The lowest BCUT2D eigenvalue weighted by atomic mass is 9.77. The van der Waals surface area contributed by atoms with Crippen molar-refractivity contribution in [2.24, 2.45) is 0 Å². The van der Waals surface area contributed by atoms with Gasteiger partial charge in [-0.15, -0.1) is 0 Å². The summed E-state index contributed by atoms with van der Waals surface area (Å²) in [6, 6.07) is 20.8. The quantitative estimate of drug-likeness (QED) is 0.588. The monoisotopic (exact) mass is 244 g/mol. The van der Waals surface area contributed by atoms with Gasteiger partial charge in [-0.3, -0.25) is 0 Å². The van der Waals surface area contributed by atoms with Crippen molar-refractivity contribution in [2.45, 2.75) is 5.92 Å². The Balaban J connectivity index is 2.24. The van der Waals surface area contributed by atoms with E-state index in [2.05, 4.69) is 42.5 Å². The van der Waals surface area contributed by atoms with Crippen LogP contribution in [0.15, 0.2) is 60.7 Å². The molecular formula is C18H12O. The summed E-state index contributed by atoms with van der Waals surface area (Å²) in [5.74, 6) is -0.144. The van der Waals surface area contributed by atoms with Gasteiger partial charge >= 0.3 is 0 Å². The molecule has 0 fully saturated rings. The van der Waals surface area contributed by atoms with Crippen LogP contribution in [-0.2, 0) is 4.79 Å². The predicted octanol–water partition coefficient (Wildman–Crippen LogP) is 4.15. The normalized spacial score (nSPS) is 16.1. The third kappa shape index (κ3) is 1.33. The minimum atomic E-state index is -0.144. The van der Waals surface area contributed by atoms with E-state index in [1.807, 2.05) is 18.2 Å². The van der Waals surface area contributed by atoms with Gasteiger partial charge in [0.2, 0.25) is 0 Å². The zero-order valence-electron chi connectivity index (χ0n) is 10.3. The maximum Gasteiger partial charge on any atom is 0.131 e. The standard InChI is InChI=1S/C18H12O/c19-11-17-14-8-2-1-7-13(14)15-9-3-5-12-6-4-10-16(17)18(12)15/h1-11,17H. The van der Waals surface area contributed by atoms with Crippen LogP contribution in [0.3, 0.4) is 0 Å². The van der Waals surface area contributed by atoms with E-state index in [1.165, 1.54) is 21.9 Å². The summed E-state index contributed by atoms with van der Waals surface area (Å²) in [7, 11) is 0. The molecule has 1 aliphatic rings. The molecule has 1 aliphatic carbocycles. The lowest BCUT2D eigenvalue weighted by Crippen LogP contribution is -2.09. The van der Waals surface area contributed by atoms with Gasteiger partial charge in [-0.1, -0.05) is 60.7 Å². The summed E-state index contributed by atoms with van der Waals surface area (Å²) in [4.78, 5) is 11.6. The van der Waals surface area contributed by atoms with Crippen molar-refractivity contribution >= 4 is 17.1 Å². The van der Waals surface area contributed by atoms with Gasteiger partial charge in [0.05, 0.1) is 5.92 Å². The second-order valence-electron chi connectivity index (χ2n) is 4.95. The van der Waals surface area contributed by atoms with E-state index < -0.39 is 0 Å². The Morgan fingerprint density at radius 3 is 2.26 bits per heavy atom. The Hall–Kier alpha value is -2.41. The van der Waals surface area contributed by atoms with Crippen LogP contribution in [0.5, 0.6) is 0 Å². The first-order valence-electron chi connectivity index (χ1n) is 6.46. The first kappa shape index (κ1) is 10.5. The smallest absolute Gasteiger partial charge is 0.131 e. The number of carbonyl (C=O) groups is 1. The maximum absolute atomic E-state index is 11.6. The molecule has 0 bridgehead atoms. The summed E-state index contributed by atoms with van der Waals surface area (Å²) >= 11 is 0. The van der Waals surface area contributed by atoms with Gasteiger partial charge < -0.3 is 4.79 Å². The van der Waals surface area contributed by atoms with Gasteiger partial charge in [-0.25, -0.2) is 0 Å². The number of hydrogen-bond donors (Lipinski definition) is 0. The van der Waals surface area contributed by atoms with E-state index in [-0.39, 0.29) is 5.92 Å². The zero-order chi connectivity index (χ0) is 12.8.